The molecular weight excluding hydrogens is 455 g/mol. The number of aryl methyl sites for hydroxylation is 1. The van der Waals surface area contributed by atoms with Gasteiger partial charge in [-0.05, 0) is 93.6 Å². The van der Waals surface area contributed by atoms with Gasteiger partial charge in [-0.1, -0.05) is 12.1 Å². The van der Waals surface area contributed by atoms with Crippen LogP contribution in [0.1, 0.15) is 48.9 Å². The van der Waals surface area contributed by atoms with Gasteiger partial charge in [0.05, 0.1) is 7.11 Å². The molecule has 0 spiro atoms. The number of halogens is 1. The summed E-state index contributed by atoms with van der Waals surface area (Å²) in [4.78, 5) is 2.15. The van der Waals surface area contributed by atoms with E-state index in [1.54, 1.807) is 19.2 Å². The van der Waals surface area contributed by atoms with Gasteiger partial charge in [-0.3, -0.25) is 0 Å². The van der Waals surface area contributed by atoms with Crippen molar-refractivity contribution in [3.05, 3.63) is 70.5 Å². The molecule has 1 aliphatic carbocycles. The number of rotatable bonds is 9. The van der Waals surface area contributed by atoms with Gasteiger partial charge < -0.3 is 25.2 Å². The number of hydrogen-bond donors (Lipinski definition) is 2. The van der Waals surface area contributed by atoms with Crippen LogP contribution in [0.4, 0.5) is 10.1 Å². The smallest absolute Gasteiger partial charge is 0.165 e. The summed E-state index contributed by atoms with van der Waals surface area (Å²) in [5, 5.41) is 10.8. The van der Waals surface area contributed by atoms with E-state index in [1.807, 2.05) is 31.3 Å². The lowest BCUT2D eigenvalue weighted by Crippen LogP contribution is -2.30. The van der Waals surface area contributed by atoms with Crippen molar-refractivity contribution < 1.29 is 19.0 Å². The summed E-state index contributed by atoms with van der Waals surface area (Å²) in [6, 6.07) is 13.0. The maximum Gasteiger partial charge on any atom is 0.165 e. The molecule has 0 fully saturated rings. The molecule has 4 rings (SSSR count). The topological polar surface area (TPSA) is 68.0 Å². The van der Waals surface area contributed by atoms with Crippen molar-refractivity contribution >= 4 is 5.69 Å². The third-order valence-electron chi connectivity index (χ3n) is 7.27. The zero-order valence-corrected chi connectivity index (χ0v) is 21.7. The van der Waals surface area contributed by atoms with Crippen LogP contribution in [0, 0.1) is 5.82 Å². The van der Waals surface area contributed by atoms with E-state index in [1.165, 1.54) is 17.2 Å². The molecule has 6 heteroatoms. The molecule has 3 aromatic carbocycles. The minimum Gasteiger partial charge on any atom is -0.507 e. The molecule has 36 heavy (non-hydrogen) atoms. The second-order valence-electron chi connectivity index (χ2n) is 9.88. The van der Waals surface area contributed by atoms with Gasteiger partial charge in [0, 0.05) is 41.4 Å². The van der Waals surface area contributed by atoms with E-state index in [-0.39, 0.29) is 11.5 Å². The number of nitrogens with zero attached hydrogens (tertiary/aromatic N) is 1. The number of nitrogen functional groups attached to an aromatic ring is 1. The molecule has 3 N–H and O–H groups in total. The zero-order chi connectivity index (χ0) is 25.8. The van der Waals surface area contributed by atoms with Crippen LogP contribution in [0.25, 0.3) is 11.1 Å². The molecule has 1 aliphatic rings. The van der Waals surface area contributed by atoms with Crippen LogP contribution in [0.15, 0.2) is 42.5 Å². The fourth-order valence-corrected chi connectivity index (χ4v) is 4.89. The van der Waals surface area contributed by atoms with Gasteiger partial charge in [-0.15, -0.1) is 0 Å². The Morgan fingerprint density at radius 3 is 2.53 bits per heavy atom. The van der Waals surface area contributed by atoms with E-state index in [0.717, 1.165) is 54.5 Å². The predicted octanol–water partition coefficient (Wildman–Crippen LogP) is 5.98. The van der Waals surface area contributed by atoms with Crippen molar-refractivity contribution in [3.8, 4) is 28.4 Å². The van der Waals surface area contributed by atoms with Crippen LogP contribution in [0.3, 0.4) is 0 Å². The Morgan fingerprint density at radius 1 is 1.06 bits per heavy atom. The first-order valence-corrected chi connectivity index (χ1v) is 12.7. The number of aromatic hydroxyl groups is 1. The molecule has 192 valence electrons. The van der Waals surface area contributed by atoms with Crippen molar-refractivity contribution in [1.82, 2.24) is 4.90 Å². The minimum absolute atomic E-state index is 0.231. The van der Waals surface area contributed by atoms with Crippen LogP contribution in [-0.2, 0) is 19.3 Å². The van der Waals surface area contributed by atoms with E-state index >= 15 is 0 Å². The molecule has 0 unspecified atom stereocenters. The number of methoxy groups -OCH3 is 1. The predicted molar refractivity (Wildman–Crippen MR) is 144 cm³/mol. The second kappa shape index (κ2) is 11.2. The average molecular weight is 493 g/mol. The molecule has 0 heterocycles. The van der Waals surface area contributed by atoms with E-state index in [0.29, 0.717) is 30.5 Å². The number of hydrogen-bond acceptors (Lipinski definition) is 5. The van der Waals surface area contributed by atoms with E-state index < -0.39 is 5.82 Å². The first-order valence-electron chi connectivity index (χ1n) is 12.7. The Hall–Kier alpha value is -3.25. The lowest BCUT2D eigenvalue weighted by molar-refractivity contribution is 0.204. The quantitative estimate of drug-likeness (QED) is 0.360. The van der Waals surface area contributed by atoms with Gasteiger partial charge >= 0.3 is 0 Å². The number of likely N-dealkylation sites (N-methyl/N-ethyl adjacent to an activating group) is 1. The normalized spacial score (nSPS) is 13.2. The third kappa shape index (κ3) is 5.44. The Labute approximate surface area is 213 Å². The first-order chi connectivity index (χ1) is 17.3. The average Bonchev–Trinajstić information content (AvgIpc) is 2.86. The number of benzene rings is 3. The lowest BCUT2D eigenvalue weighted by atomic mass is 9.84. The summed E-state index contributed by atoms with van der Waals surface area (Å²) in [5.74, 6) is 0.709. The van der Waals surface area contributed by atoms with E-state index in [9.17, 15) is 9.50 Å². The summed E-state index contributed by atoms with van der Waals surface area (Å²) in [5.41, 5.74) is 12.8. The molecule has 0 radical (unpaired) electrons. The van der Waals surface area contributed by atoms with E-state index in [2.05, 4.69) is 18.7 Å². The number of ether oxygens (including phenoxy) is 2. The monoisotopic (exact) mass is 492 g/mol. The third-order valence-corrected chi connectivity index (χ3v) is 7.27. The molecule has 0 aromatic heterocycles. The van der Waals surface area contributed by atoms with Crippen molar-refractivity contribution in [2.75, 3.05) is 33.0 Å². The first kappa shape index (κ1) is 25.8. The number of fused-ring (bicyclic) bond motifs is 1. The molecule has 5 nitrogen and oxygen atoms in total. The maximum atomic E-state index is 14.9. The summed E-state index contributed by atoms with van der Waals surface area (Å²) in [7, 11) is 3.62. The van der Waals surface area contributed by atoms with Gasteiger partial charge in [-0.25, -0.2) is 4.39 Å². The molecule has 0 aliphatic heterocycles. The Bertz CT molecular complexity index is 1230. The molecular formula is C30H37FN2O3. The fourth-order valence-electron chi connectivity index (χ4n) is 4.89. The lowest BCUT2D eigenvalue weighted by Gasteiger charge is -2.23. The number of nitrogens with two attached hydrogens (primary N) is 1. The largest absolute Gasteiger partial charge is 0.507 e. The van der Waals surface area contributed by atoms with Gasteiger partial charge in [0.25, 0.3) is 0 Å². The Balaban J connectivity index is 1.62. The van der Waals surface area contributed by atoms with Gasteiger partial charge in [0.2, 0.25) is 0 Å². The van der Waals surface area contributed by atoms with Crippen LogP contribution in [0.5, 0.6) is 17.2 Å². The summed E-state index contributed by atoms with van der Waals surface area (Å²) in [6.45, 7) is 5.35. The van der Waals surface area contributed by atoms with Gasteiger partial charge in [0.15, 0.2) is 11.6 Å². The second-order valence-corrected chi connectivity index (χ2v) is 9.88. The minimum atomic E-state index is -0.400. The van der Waals surface area contributed by atoms with Gasteiger partial charge in [-0.2, -0.15) is 0 Å². The molecule has 3 aromatic rings. The SMILES string of the molecule is COc1ccc(-c2c(O)ccc3c2CCCC3)c(N)c1Cc1ccc(OCCN(C)C(C)C)c(F)c1. The molecule has 0 saturated carbocycles. The number of phenolic OH excluding ortho intramolecular Hbond substituents is 1. The summed E-state index contributed by atoms with van der Waals surface area (Å²) in [6.07, 6.45) is 4.56. The Morgan fingerprint density at radius 2 is 1.81 bits per heavy atom. The fraction of sp³-hybridized carbons (Fsp3) is 0.400. The van der Waals surface area contributed by atoms with Crippen molar-refractivity contribution in [1.29, 1.82) is 0 Å². The van der Waals surface area contributed by atoms with Crippen LogP contribution >= 0.6 is 0 Å². The molecule has 0 saturated heterocycles. The highest BCUT2D eigenvalue weighted by atomic mass is 19.1. The molecule has 0 bridgehead atoms. The standard InChI is InChI=1S/C30H37FN2O3/c1-19(2)33(3)15-16-36-28-13-9-20(18-25(28)31)17-24-27(35-4)14-11-23(30(24)32)29-22-8-6-5-7-21(22)10-12-26(29)34/h9-14,18-19,34H,5-8,15-17,32H2,1-4H3. The van der Waals surface area contributed by atoms with Crippen molar-refractivity contribution in [3.63, 3.8) is 0 Å². The maximum absolute atomic E-state index is 14.9. The summed E-state index contributed by atoms with van der Waals surface area (Å²) < 4.78 is 26.2. The molecule has 0 amide bonds. The van der Waals surface area contributed by atoms with Crippen LogP contribution in [0.2, 0.25) is 0 Å². The Kier molecular flexibility index (Phi) is 8.04. The van der Waals surface area contributed by atoms with Crippen LogP contribution < -0.4 is 15.2 Å². The highest BCUT2D eigenvalue weighted by Gasteiger charge is 2.22. The number of phenols is 1. The van der Waals surface area contributed by atoms with E-state index in [4.69, 9.17) is 15.2 Å². The highest BCUT2D eigenvalue weighted by molar-refractivity contribution is 5.86. The zero-order valence-electron chi connectivity index (χ0n) is 21.7. The van der Waals surface area contributed by atoms with Gasteiger partial charge in [0.1, 0.15) is 18.1 Å². The van der Waals surface area contributed by atoms with Crippen LogP contribution in [-0.4, -0.2) is 43.4 Å². The van der Waals surface area contributed by atoms with Crippen molar-refractivity contribution in [2.24, 2.45) is 0 Å². The number of anilines is 1. The molecule has 0 atom stereocenters. The van der Waals surface area contributed by atoms with Crippen molar-refractivity contribution in [2.45, 2.75) is 52.0 Å². The highest BCUT2D eigenvalue weighted by Crippen LogP contribution is 2.43. The summed E-state index contributed by atoms with van der Waals surface area (Å²) >= 11 is 0.